The second-order valence-electron chi connectivity index (χ2n) is 6.93. The van der Waals surface area contributed by atoms with Gasteiger partial charge in [-0.15, -0.1) is 0 Å². The lowest BCUT2D eigenvalue weighted by molar-refractivity contribution is 0.239. The summed E-state index contributed by atoms with van der Waals surface area (Å²) in [5.74, 6) is 1.58. The molecule has 2 fully saturated rings. The lowest BCUT2D eigenvalue weighted by Gasteiger charge is -2.32. The summed E-state index contributed by atoms with van der Waals surface area (Å²) in [4.78, 5) is 0.424. The van der Waals surface area contributed by atoms with E-state index in [1.165, 1.54) is 38.8 Å². The van der Waals surface area contributed by atoms with Crippen LogP contribution in [-0.2, 0) is 10.0 Å². The van der Waals surface area contributed by atoms with E-state index < -0.39 is 10.0 Å². The first-order valence-corrected chi connectivity index (χ1v) is 10.4. The van der Waals surface area contributed by atoms with Gasteiger partial charge < -0.3 is 5.32 Å². The maximum atomic E-state index is 12.6. The van der Waals surface area contributed by atoms with Gasteiger partial charge >= 0.3 is 0 Å². The number of hydrogen-bond donors (Lipinski definition) is 1. The summed E-state index contributed by atoms with van der Waals surface area (Å²) < 4.78 is 26.9. The Hall–Kier alpha value is -0.910. The van der Waals surface area contributed by atoms with E-state index in [2.05, 4.69) is 5.32 Å². The van der Waals surface area contributed by atoms with Crippen molar-refractivity contribution >= 4 is 10.0 Å². The van der Waals surface area contributed by atoms with Crippen molar-refractivity contribution in [2.24, 2.45) is 11.8 Å². The fraction of sp³-hybridized carbons (Fsp3) is 0.667. The molecule has 0 unspecified atom stereocenters. The fourth-order valence-corrected chi connectivity index (χ4v) is 5.31. The molecule has 0 radical (unpaired) electrons. The molecular weight excluding hydrogens is 308 g/mol. The van der Waals surface area contributed by atoms with E-state index in [1.54, 1.807) is 28.6 Å². The van der Waals surface area contributed by atoms with Gasteiger partial charge in [0, 0.05) is 13.1 Å². The standard InChI is InChI=1S/C18H28N2O2S/c21-23(22,18-4-2-1-3-5-18)20-14-10-17(11-15-20)7-6-16-8-12-19-13-9-16/h1-5,16-17,19H,6-15H2. The van der Waals surface area contributed by atoms with Crippen LogP contribution in [0, 0.1) is 11.8 Å². The van der Waals surface area contributed by atoms with Crippen molar-refractivity contribution in [1.29, 1.82) is 0 Å². The number of sulfonamides is 1. The first kappa shape index (κ1) is 16.9. The minimum absolute atomic E-state index is 0.424. The van der Waals surface area contributed by atoms with Crippen LogP contribution in [0.15, 0.2) is 35.2 Å². The molecule has 5 heteroatoms. The average Bonchev–Trinajstić information content (AvgIpc) is 2.62. The minimum Gasteiger partial charge on any atom is -0.317 e. The lowest BCUT2D eigenvalue weighted by atomic mass is 9.86. The summed E-state index contributed by atoms with van der Waals surface area (Å²) in [5.41, 5.74) is 0. The highest BCUT2D eigenvalue weighted by Crippen LogP contribution is 2.29. The number of rotatable bonds is 5. The zero-order chi connectivity index (χ0) is 16.1. The number of nitrogens with zero attached hydrogens (tertiary/aromatic N) is 1. The van der Waals surface area contributed by atoms with Crippen LogP contribution in [0.4, 0.5) is 0 Å². The van der Waals surface area contributed by atoms with Crippen molar-refractivity contribution in [1.82, 2.24) is 9.62 Å². The molecule has 128 valence electrons. The van der Waals surface area contributed by atoms with Gasteiger partial charge in [-0.1, -0.05) is 31.0 Å². The Bertz CT molecular complexity index is 574. The summed E-state index contributed by atoms with van der Waals surface area (Å²) in [6, 6.07) is 8.82. The zero-order valence-electron chi connectivity index (χ0n) is 13.8. The monoisotopic (exact) mass is 336 g/mol. The summed E-state index contributed by atoms with van der Waals surface area (Å²) >= 11 is 0. The van der Waals surface area contributed by atoms with Crippen LogP contribution in [0.5, 0.6) is 0 Å². The molecule has 2 aliphatic heterocycles. The molecular formula is C18H28N2O2S. The van der Waals surface area contributed by atoms with E-state index in [9.17, 15) is 8.42 Å². The van der Waals surface area contributed by atoms with E-state index in [0.29, 0.717) is 23.9 Å². The van der Waals surface area contributed by atoms with Crippen LogP contribution in [0.25, 0.3) is 0 Å². The molecule has 4 nitrogen and oxygen atoms in total. The van der Waals surface area contributed by atoms with E-state index in [1.807, 2.05) is 6.07 Å². The van der Waals surface area contributed by atoms with Crippen LogP contribution in [0.3, 0.4) is 0 Å². The van der Waals surface area contributed by atoms with E-state index in [-0.39, 0.29) is 0 Å². The average molecular weight is 337 g/mol. The molecule has 0 saturated carbocycles. The highest BCUT2D eigenvalue weighted by atomic mass is 32.2. The molecule has 0 spiro atoms. The normalized spacial score (nSPS) is 22.3. The zero-order valence-corrected chi connectivity index (χ0v) is 14.6. The molecule has 0 atom stereocenters. The summed E-state index contributed by atoms with van der Waals surface area (Å²) in [6.07, 6.45) is 7.22. The van der Waals surface area contributed by atoms with Crippen molar-refractivity contribution in [3.63, 3.8) is 0 Å². The maximum absolute atomic E-state index is 12.6. The molecule has 1 aromatic rings. The largest absolute Gasteiger partial charge is 0.317 e. The van der Waals surface area contributed by atoms with Crippen LogP contribution in [0.2, 0.25) is 0 Å². The van der Waals surface area contributed by atoms with Gasteiger partial charge in [-0.3, -0.25) is 0 Å². The molecule has 0 amide bonds. The first-order valence-electron chi connectivity index (χ1n) is 8.92. The van der Waals surface area contributed by atoms with Crippen LogP contribution >= 0.6 is 0 Å². The highest BCUT2D eigenvalue weighted by molar-refractivity contribution is 7.89. The third-order valence-corrected chi connectivity index (χ3v) is 7.31. The molecule has 2 saturated heterocycles. The predicted octanol–water partition coefficient (Wildman–Crippen LogP) is 2.87. The van der Waals surface area contributed by atoms with Crippen LogP contribution in [-0.4, -0.2) is 38.9 Å². The quantitative estimate of drug-likeness (QED) is 0.899. The van der Waals surface area contributed by atoms with Gasteiger partial charge in [0.25, 0.3) is 0 Å². The second-order valence-corrected chi connectivity index (χ2v) is 8.87. The van der Waals surface area contributed by atoms with E-state index >= 15 is 0 Å². The fourth-order valence-electron chi connectivity index (χ4n) is 3.82. The number of hydrogen-bond acceptors (Lipinski definition) is 3. The van der Waals surface area contributed by atoms with Crippen molar-refractivity contribution < 1.29 is 8.42 Å². The lowest BCUT2D eigenvalue weighted by Crippen LogP contribution is -2.38. The predicted molar refractivity (Wildman–Crippen MR) is 92.8 cm³/mol. The van der Waals surface area contributed by atoms with Gasteiger partial charge in [-0.25, -0.2) is 8.42 Å². The van der Waals surface area contributed by atoms with Gasteiger partial charge in [0.2, 0.25) is 10.0 Å². The summed E-state index contributed by atoms with van der Waals surface area (Å²) in [6.45, 7) is 3.68. The number of nitrogens with one attached hydrogen (secondary N) is 1. The Morgan fingerprint density at radius 2 is 1.48 bits per heavy atom. The minimum atomic E-state index is -3.30. The molecule has 0 bridgehead atoms. The smallest absolute Gasteiger partial charge is 0.243 e. The number of piperidine rings is 2. The molecule has 2 aliphatic rings. The number of benzene rings is 1. The van der Waals surface area contributed by atoms with Crippen molar-refractivity contribution in [3.05, 3.63) is 30.3 Å². The van der Waals surface area contributed by atoms with E-state index in [4.69, 9.17) is 0 Å². The van der Waals surface area contributed by atoms with Gasteiger partial charge in [-0.2, -0.15) is 4.31 Å². The third-order valence-electron chi connectivity index (χ3n) is 5.40. The Balaban J connectivity index is 1.48. The van der Waals surface area contributed by atoms with Gasteiger partial charge in [-0.05, 0) is 62.7 Å². The third kappa shape index (κ3) is 4.34. The Morgan fingerprint density at radius 1 is 0.913 bits per heavy atom. The molecule has 1 aromatic carbocycles. The van der Waals surface area contributed by atoms with Gasteiger partial charge in [0.05, 0.1) is 4.90 Å². The van der Waals surface area contributed by atoms with Crippen molar-refractivity contribution in [2.75, 3.05) is 26.2 Å². The van der Waals surface area contributed by atoms with Crippen LogP contribution < -0.4 is 5.32 Å². The Morgan fingerprint density at radius 3 is 2.09 bits per heavy atom. The Labute approximate surface area is 140 Å². The van der Waals surface area contributed by atoms with Crippen LogP contribution in [0.1, 0.15) is 38.5 Å². The molecule has 2 heterocycles. The molecule has 3 rings (SSSR count). The molecule has 23 heavy (non-hydrogen) atoms. The second kappa shape index (κ2) is 7.77. The maximum Gasteiger partial charge on any atom is 0.243 e. The molecule has 1 N–H and O–H groups in total. The van der Waals surface area contributed by atoms with Crippen molar-refractivity contribution in [3.8, 4) is 0 Å². The Kier molecular flexibility index (Phi) is 5.72. The summed E-state index contributed by atoms with van der Waals surface area (Å²) in [5, 5.41) is 3.42. The molecule has 0 aliphatic carbocycles. The van der Waals surface area contributed by atoms with Gasteiger partial charge in [0.15, 0.2) is 0 Å². The topological polar surface area (TPSA) is 49.4 Å². The summed E-state index contributed by atoms with van der Waals surface area (Å²) in [7, 11) is -3.30. The molecule has 0 aromatic heterocycles. The first-order chi connectivity index (χ1) is 11.2. The van der Waals surface area contributed by atoms with E-state index in [0.717, 1.165) is 18.8 Å². The highest BCUT2D eigenvalue weighted by Gasteiger charge is 2.29. The van der Waals surface area contributed by atoms with Crippen molar-refractivity contribution in [2.45, 2.75) is 43.4 Å². The SMILES string of the molecule is O=S(=O)(c1ccccc1)N1CCC(CCC2CCNCC2)CC1. The van der Waals surface area contributed by atoms with Gasteiger partial charge in [0.1, 0.15) is 0 Å².